The van der Waals surface area contributed by atoms with Gasteiger partial charge in [0, 0.05) is 31.9 Å². The molecule has 2 aromatic rings. The summed E-state index contributed by atoms with van der Waals surface area (Å²) in [6.07, 6.45) is 5.56. The number of benzene rings is 2. The van der Waals surface area contributed by atoms with Crippen LogP contribution in [0.25, 0.3) is 0 Å². The van der Waals surface area contributed by atoms with Crippen molar-refractivity contribution in [1.29, 1.82) is 0 Å². The quantitative estimate of drug-likeness (QED) is 0.544. The van der Waals surface area contributed by atoms with E-state index in [-0.39, 0.29) is 11.8 Å². The molecule has 2 saturated heterocycles. The predicted octanol–water partition coefficient (Wildman–Crippen LogP) is 3.52. The van der Waals surface area contributed by atoms with Crippen molar-refractivity contribution in [2.45, 2.75) is 57.5 Å². The minimum Gasteiger partial charge on any atom is -0.491 e. The van der Waals surface area contributed by atoms with Crippen molar-refractivity contribution in [2.24, 2.45) is 5.41 Å². The van der Waals surface area contributed by atoms with Crippen LogP contribution in [0, 0.1) is 12.3 Å². The van der Waals surface area contributed by atoms with Crippen LogP contribution in [0.2, 0.25) is 0 Å². The molecule has 3 heterocycles. The molecular weight excluding hydrogens is 504 g/mol. The molecule has 0 saturated carbocycles. The lowest BCUT2D eigenvalue weighted by atomic mass is 9.73. The van der Waals surface area contributed by atoms with Gasteiger partial charge in [-0.15, -0.1) is 0 Å². The Morgan fingerprint density at radius 3 is 2.35 bits per heavy atom. The van der Waals surface area contributed by atoms with Crippen molar-refractivity contribution in [3.05, 3.63) is 59.7 Å². The second-order valence-electron chi connectivity index (χ2n) is 11.9. The van der Waals surface area contributed by atoms with E-state index in [1.807, 2.05) is 12.1 Å². The first-order valence-electron chi connectivity index (χ1n) is 14.9. The van der Waals surface area contributed by atoms with E-state index in [0.717, 1.165) is 71.1 Å². The summed E-state index contributed by atoms with van der Waals surface area (Å²) in [6, 6.07) is 15.7. The van der Waals surface area contributed by atoms with Gasteiger partial charge in [0.05, 0.1) is 23.1 Å². The van der Waals surface area contributed by atoms with Crippen LogP contribution in [-0.2, 0) is 4.79 Å². The third-order valence-corrected chi connectivity index (χ3v) is 9.11. The van der Waals surface area contributed by atoms with Gasteiger partial charge in [0.25, 0.3) is 5.91 Å². The normalized spacial score (nSPS) is 22.4. The second-order valence-corrected chi connectivity index (χ2v) is 11.9. The molecule has 3 aliphatic heterocycles. The third kappa shape index (κ3) is 6.61. The van der Waals surface area contributed by atoms with E-state index >= 15 is 0 Å². The largest absolute Gasteiger partial charge is 0.491 e. The number of para-hydroxylation sites is 2. The fourth-order valence-electron chi connectivity index (χ4n) is 6.56. The van der Waals surface area contributed by atoms with Crippen LogP contribution >= 0.6 is 0 Å². The highest BCUT2D eigenvalue weighted by atomic mass is 16.5. The van der Waals surface area contributed by atoms with Crippen LogP contribution in [-0.4, -0.2) is 79.8 Å². The number of nitrogens with zero attached hydrogens (tertiary/aromatic N) is 2. The number of likely N-dealkylation sites (tertiary alicyclic amines) is 1. The van der Waals surface area contributed by atoms with Crippen LogP contribution < -0.4 is 20.3 Å². The molecule has 3 N–H and O–H groups in total. The van der Waals surface area contributed by atoms with Gasteiger partial charge >= 0.3 is 0 Å². The van der Waals surface area contributed by atoms with E-state index in [1.54, 1.807) is 12.1 Å². The lowest BCUT2D eigenvalue weighted by Gasteiger charge is -2.46. The number of aliphatic hydroxyl groups is 1. The molecule has 2 fully saturated rings. The zero-order valence-corrected chi connectivity index (χ0v) is 23.8. The molecule has 5 rings (SSSR count). The second kappa shape index (κ2) is 12.6. The summed E-state index contributed by atoms with van der Waals surface area (Å²) in [6.45, 7) is 7.39. The van der Waals surface area contributed by atoms with Gasteiger partial charge in [0.15, 0.2) is 0 Å². The van der Waals surface area contributed by atoms with Crippen LogP contribution in [0.15, 0.2) is 48.5 Å². The molecule has 2 aromatic carbocycles. The van der Waals surface area contributed by atoms with E-state index < -0.39 is 11.0 Å². The summed E-state index contributed by atoms with van der Waals surface area (Å²) in [4.78, 5) is 30.9. The van der Waals surface area contributed by atoms with Gasteiger partial charge in [-0.1, -0.05) is 36.8 Å². The van der Waals surface area contributed by atoms with Crippen molar-refractivity contribution in [1.82, 2.24) is 15.5 Å². The Bertz CT molecular complexity index is 1170. The van der Waals surface area contributed by atoms with E-state index in [2.05, 4.69) is 51.6 Å². The number of carbonyl (C=O) groups is 2. The first-order valence-corrected chi connectivity index (χ1v) is 14.9. The van der Waals surface area contributed by atoms with Crippen LogP contribution in [0.5, 0.6) is 5.75 Å². The summed E-state index contributed by atoms with van der Waals surface area (Å²) in [7, 11) is 0. The zero-order valence-electron chi connectivity index (χ0n) is 23.8. The Hall–Kier alpha value is -3.10. The van der Waals surface area contributed by atoms with Gasteiger partial charge in [-0.05, 0) is 82.3 Å². The van der Waals surface area contributed by atoms with E-state index in [0.29, 0.717) is 37.6 Å². The Morgan fingerprint density at radius 1 is 0.850 bits per heavy atom. The van der Waals surface area contributed by atoms with Gasteiger partial charge in [-0.3, -0.25) is 9.59 Å². The lowest BCUT2D eigenvalue weighted by Crippen LogP contribution is -2.55. The lowest BCUT2D eigenvalue weighted by molar-refractivity contribution is -0.135. The average Bonchev–Trinajstić information content (AvgIpc) is 2.96. The van der Waals surface area contributed by atoms with Crippen LogP contribution in [0.4, 0.5) is 5.69 Å². The summed E-state index contributed by atoms with van der Waals surface area (Å²) in [5, 5.41) is 17.6. The standard InChI is InChI=1S/C32H44N4O4/c1-25-8-2-4-10-27(25)36-21-15-32(39,16-22-36)24-35-19-13-31(14-20-35)12-6-7-17-33-29(37)26-9-3-5-11-28(26)40-23-18-34-30(31)38/h2-5,8-11,39H,6-7,12-24H2,1H3,(H,33,37)(H,34,38). The summed E-state index contributed by atoms with van der Waals surface area (Å²) in [5.41, 5.74) is 1.95. The molecule has 40 heavy (non-hydrogen) atoms. The monoisotopic (exact) mass is 548 g/mol. The van der Waals surface area contributed by atoms with Crippen molar-refractivity contribution in [2.75, 3.05) is 57.3 Å². The first kappa shape index (κ1) is 28.4. The van der Waals surface area contributed by atoms with Gasteiger partial charge in [-0.25, -0.2) is 0 Å². The molecule has 1 spiro atoms. The van der Waals surface area contributed by atoms with Gasteiger partial charge < -0.3 is 30.3 Å². The summed E-state index contributed by atoms with van der Waals surface area (Å²) in [5.74, 6) is 0.523. The fraction of sp³-hybridized carbons (Fsp3) is 0.562. The number of hydrogen-bond donors (Lipinski definition) is 3. The fourth-order valence-corrected chi connectivity index (χ4v) is 6.56. The molecule has 2 amide bonds. The molecule has 0 radical (unpaired) electrons. The Kier molecular flexibility index (Phi) is 8.96. The number of aryl methyl sites for hydroxylation is 1. The minimum absolute atomic E-state index is 0.107. The number of hydrogen-bond acceptors (Lipinski definition) is 6. The number of carbonyl (C=O) groups excluding carboxylic acids is 2. The Balaban J connectivity index is 1.15. The number of β-amino-alcohol motifs (C(OH)–C–C–N with tert-alkyl or cyclic N) is 1. The van der Waals surface area contributed by atoms with Gasteiger partial charge in [0.1, 0.15) is 12.4 Å². The molecule has 3 aliphatic rings. The number of amides is 2. The zero-order chi connectivity index (χ0) is 28.0. The number of fused-ring (bicyclic) bond motifs is 1. The number of rotatable bonds is 3. The number of piperidine rings is 2. The van der Waals surface area contributed by atoms with Crippen molar-refractivity contribution < 1.29 is 19.4 Å². The molecule has 0 aliphatic carbocycles. The van der Waals surface area contributed by atoms with Crippen LogP contribution in [0.3, 0.4) is 0 Å². The molecule has 0 bridgehead atoms. The molecule has 0 aromatic heterocycles. The van der Waals surface area contributed by atoms with Crippen molar-refractivity contribution in [3.63, 3.8) is 0 Å². The minimum atomic E-state index is -0.693. The third-order valence-electron chi connectivity index (χ3n) is 9.11. The van der Waals surface area contributed by atoms with Crippen LogP contribution in [0.1, 0.15) is 60.9 Å². The predicted molar refractivity (Wildman–Crippen MR) is 157 cm³/mol. The maximum atomic E-state index is 13.5. The molecule has 0 unspecified atom stereocenters. The van der Waals surface area contributed by atoms with E-state index in [4.69, 9.17) is 4.74 Å². The highest BCUT2D eigenvalue weighted by Gasteiger charge is 2.43. The maximum Gasteiger partial charge on any atom is 0.255 e. The van der Waals surface area contributed by atoms with Crippen molar-refractivity contribution >= 4 is 17.5 Å². The van der Waals surface area contributed by atoms with Gasteiger partial charge in [0.2, 0.25) is 5.91 Å². The summed E-state index contributed by atoms with van der Waals surface area (Å²) < 4.78 is 5.87. The Labute approximate surface area is 238 Å². The summed E-state index contributed by atoms with van der Waals surface area (Å²) >= 11 is 0. The number of anilines is 1. The molecule has 0 atom stereocenters. The topological polar surface area (TPSA) is 94.1 Å². The molecule has 8 nitrogen and oxygen atoms in total. The SMILES string of the molecule is Cc1ccccc1N1CCC(O)(CN2CCC3(CCCCNC(=O)c4ccccc4OCCNC3=O)CC2)CC1. The average molecular weight is 549 g/mol. The van der Waals surface area contributed by atoms with Gasteiger partial charge in [-0.2, -0.15) is 0 Å². The number of ether oxygens (including phenoxy) is 1. The smallest absolute Gasteiger partial charge is 0.255 e. The molecule has 8 heteroatoms. The first-order chi connectivity index (χ1) is 19.4. The highest BCUT2D eigenvalue weighted by Crippen LogP contribution is 2.38. The van der Waals surface area contributed by atoms with Crippen molar-refractivity contribution in [3.8, 4) is 5.75 Å². The maximum absolute atomic E-state index is 13.5. The molecule has 216 valence electrons. The van der Waals surface area contributed by atoms with E-state index in [1.165, 1.54) is 11.3 Å². The van der Waals surface area contributed by atoms with E-state index in [9.17, 15) is 14.7 Å². The highest BCUT2D eigenvalue weighted by molar-refractivity contribution is 5.96. The molecular formula is C32H44N4O4. The Morgan fingerprint density at radius 2 is 1.57 bits per heavy atom. The number of nitrogens with one attached hydrogen (secondary N) is 2.